The Morgan fingerprint density at radius 3 is 2.76 bits per heavy atom. The summed E-state index contributed by atoms with van der Waals surface area (Å²) >= 11 is 0. The van der Waals surface area contributed by atoms with Crippen LogP contribution in [0.25, 0.3) is 11.0 Å². The standard InChI is InChI=1S/C13H14F3N3O2/c14-13(15,16)10(20)7-17-12(21)6-5-11-18-8-3-1-2-4-9(8)19-11/h1-4,10,20H,5-7H2,(H,17,21)(H,18,19). The number of aryl methyl sites for hydroxylation is 1. The van der Waals surface area contributed by atoms with Crippen molar-refractivity contribution in [3.8, 4) is 0 Å². The Labute approximate surface area is 118 Å². The fourth-order valence-corrected chi connectivity index (χ4v) is 1.77. The number of aromatic amines is 1. The van der Waals surface area contributed by atoms with Gasteiger partial charge in [-0.3, -0.25) is 4.79 Å². The van der Waals surface area contributed by atoms with Gasteiger partial charge < -0.3 is 15.4 Å². The number of hydrogen-bond donors (Lipinski definition) is 3. The lowest BCUT2D eigenvalue weighted by molar-refractivity contribution is -0.201. The zero-order chi connectivity index (χ0) is 15.5. The van der Waals surface area contributed by atoms with Crippen LogP contribution in [0, 0.1) is 0 Å². The number of benzene rings is 1. The molecular weight excluding hydrogens is 287 g/mol. The number of H-pyrrole nitrogens is 1. The normalized spacial score (nSPS) is 13.3. The van der Waals surface area contributed by atoms with E-state index in [2.05, 4.69) is 9.97 Å². The third kappa shape index (κ3) is 4.19. The number of para-hydroxylation sites is 2. The van der Waals surface area contributed by atoms with Crippen LogP contribution in [-0.2, 0) is 11.2 Å². The van der Waals surface area contributed by atoms with E-state index < -0.39 is 24.7 Å². The molecule has 8 heteroatoms. The Morgan fingerprint density at radius 2 is 2.10 bits per heavy atom. The van der Waals surface area contributed by atoms with Gasteiger partial charge in [0, 0.05) is 12.8 Å². The molecular formula is C13H14F3N3O2. The maximum atomic E-state index is 12.1. The first-order valence-electron chi connectivity index (χ1n) is 6.31. The van der Waals surface area contributed by atoms with Gasteiger partial charge >= 0.3 is 6.18 Å². The van der Waals surface area contributed by atoms with Crippen molar-refractivity contribution in [2.75, 3.05) is 6.54 Å². The largest absolute Gasteiger partial charge is 0.416 e. The SMILES string of the molecule is O=C(CCc1nc2ccccc2[nH]1)NCC(O)C(F)(F)F. The molecule has 0 aliphatic carbocycles. The molecule has 0 aliphatic rings. The minimum atomic E-state index is -4.73. The van der Waals surface area contributed by atoms with Crippen LogP contribution < -0.4 is 5.32 Å². The summed E-state index contributed by atoms with van der Waals surface area (Å²) in [5.74, 6) is 0.0153. The van der Waals surface area contributed by atoms with Crippen molar-refractivity contribution in [2.24, 2.45) is 0 Å². The van der Waals surface area contributed by atoms with Gasteiger partial charge in [0.1, 0.15) is 5.82 Å². The second-order valence-corrected chi connectivity index (χ2v) is 4.56. The minimum absolute atomic E-state index is 0.00952. The number of halogens is 3. The van der Waals surface area contributed by atoms with Gasteiger partial charge in [-0.2, -0.15) is 13.2 Å². The maximum absolute atomic E-state index is 12.1. The molecule has 0 saturated heterocycles. The highest BCUT2D eigenvalue weighted by Crippen LogP contribution is 2.19. The minimum Gasteiger partial charge on any atom is -0.382 e. The van der Waals surface area contributed by atoms with Crippen molar-refractivity contribution in [1.29, 1.82) is 0 Å². The molecule has 0 fully saturated rings. The molecule has 1 amide bonds. The average molecular weight is 301 g/mol. The molecule has 1 heterocycles. The summed E-state index contributed by atoms with van der Waals surface area (Å²) < 4.78 is 36.2. The zero-order valence-electron chi connectivity index (χ0n) is 10.9. The number of alkyl halides is 3. The molecule has 1 aromatic carbocycles. The predicted octanol–water partition coefficient (Wildman–Crippen LogP) is 1.53. The summed E-state index contributed by atoms with van der Waals surface area (Å²) in [6, 6.07) is 7.33. The van der Waals surface area contributed by atoms with E-state index in [0.29, 0.717) is 5.82 Å². The van der Waals surface area contributed by atoms with E-state index in [0.717, 1.165) is 11.0 Å². The van der Waals surface area contributed by atoms with Gasteiger partial charge in [-0.25, -0.2) is 4.98 Å². The molecule has 0 saturated carbocycles. The predicted molar refractivity (Wildman–Crippen MR) is 69.5 cm³/mol. The van der Waals surface area contributed by atoms with E-state index in [-0.39, 0.29) is 12.8 Å². The van der Waals surface area contributed by atoms with Crippen LogP contribution in [0.2, 0.25) is 0 Å². The van der Waals surface area contributed by atoms with Crippen molar-refractivity contribution >= 4 is 16.9 Å². The van der Waals surface area contributed by atoms with Gasteiger partial charge in [-0.05, 0) is 12.1 Å². The molecule has 1 unspecified atom stereocenters. The first kappa shape index (κ1) is 15.3. The first-order chi connectivity index (χ1) is 9.86. The van der Waals surface area contributed by atoms with Gasteiger partial charge in [-0.15, -0.1) is 0 Å². The van der Waals surface area contributed by atoms with E-state index in [1.54, 1.807) is 0 Å². The first-order valence-corrected chi connectivity index (χ1v) is 6.31. The number of hydrogen-bond acceptors (Lipinski definition) is 3. The van der Waals surface area contributed by atoms with Crippen LogP contribution in [0.3, 0.4) is 0 Å². The maximum Gasteiger partial charge on any atom is 0.416 e. The van der Waals surface area contributed by atoms with Crippen LogP contribution in [-0.4, -0.2) is 39.8 Å². The van der Waals surface area contributed by atoms with Crippen molar-refractivity contribution in [3.05, 3.63) is 30.1 Å². The average Bonchev–Trinajstić information content (AvgIpc) is 2.84. The molecule has 5 nitrogen and oxygen atoms in total. The number of fused-ring (bicyclic) bond motifs is 1. The second-order valence-electron chi connectivity index (χ2n) is 4.56. The molecule has 21 heavy (non-hydrogen) atoms. The van der Waals surface area contributed by atoms with Gasteiger partial charge in [0.25, 0.3) is 0 Å². The number of carbonyl (C=O) groups is 1. The monoisotopic (exact) mass is 301 g/mol. The molecule has 1 aromatic heterocycles. The lowest BCUT2D eigenvalue weighted by atomic mass is 10.2. The molecule has 0 radical (unpaired) electrons. The number of imidazole rings is 1. The number of nitrogens with one attached hydrogen (secondary N) is 2. The smallest absolute Gasteiger partial charge is 0.382 e. The van der Waals surface area contributed by atoms with Crippen molar-refractivity contribution < 1.29 is 23.1 Å². The molecule has 2 rings (SSSR count). The van der Waals surface area contributed by atoms with E-state index >= 15 is 0 Å². The summed E-state index contributed by atoms with van der Waals surface area (Å²) in [7, 11) is 0. The van der Waals surface area contributed by atoms with Crippen molar-refractivity contribution in [1.82, 2.24) is 15.3 Å². The number of aliphatic hydroxyl groups excluding tert-OH is 1. The van der Waals surface area contributed by atoms with Crippen LogP contribution in [0.5, 0.6) is 0 Å². The Bertz CT molecular complexity index is 591. The number of nitrogens with zero attached hydrogens (tertiary/aromatic N) is 1. The Hall–Kier alpha value is -2.09. The molecule has 2 aromatic rings. The highest BCUT2D eigenvalue weighted by Gasteiger charge is 2.38. The van der Waals surface area contributed by atoms with E-state index in [1.165, 1.54) is 0 Å². The van der Waals surface area contributed by atoms with Crippen molar-refractivity contribution in [3.63, 3.8) is 0 Å². The van der Waals surface area contributed by atoms with Crippen LogP contribution in [0.1, 0.15) is 12.2 Å². The molecule has 0 aliphatic heterocycles. The molecule has 3 N–H and O–H groups in total. The van der Waals surface area contributed by atoms with Gasteiger partial charge in [0.15, 0.2) is 6.10 Å². The fraction of sp³-hybridized carbons (Fsp3) is 0.385. The molecule has 114 valence electrons. The topological polar surface area (TPSA) is 78.0 Å². The Kier molecular flexibility index (Phi) is 4.46. The fourth-order valence-electron chi connectivity index (χ4n) is 1.77. The lowest BCUT2D eigenvalue weighted by Gasteiger charge is -2.14. The Morgan fingerprint density at radius 1 is 1.38 bits per heavy atom. The number of aromatic nitrogens is 2. The van der Waals surface area contributed by atoms with Crippen LogP contribution >= 0.6 is 0 Å². The van der Waals surface area contributed by atoms with E-state index in [1.807, 2.05) is 29.6 Å². The number of carbonyl (C=O) groups excluding carboxylic acids is 1. The van der Waals surface area contributed by atoms with Crippen molar-refractivity contribution in [2.45, 2.75) is 25.1 Å². The van der Waals surface area contributed by atoms with E-state index in [9.17, 15) is 18.0 Å². The summed E-state index contributed by atoms with van der Waals surface area (Å²) in [6.07, 6.45) is -7.01. The second kappa shape index (κ2) is 6.13. The van der Waals surface area contributed by atoms with Gasteiger partial charge in [-0.1, -0.05) is 12.1 Å². The van der Waals surface area contributed by atoms with Gasteiger partial charge in [0.05, 0.1) is 17.6 Å². The van der Waals surface area contributed by atoms with E-state index in [4.69, 9.17) is 5.11 Å². The molecule has 0 bridgehead atoms. The third-order valence-electron chi connectivity index (χ3n) is 2.90. The summed E-state index contributed by atoms with van der Waals surface area (Å²) in [4.78, 5) is 18.7. The zero-order valence-corrected chi connectivity index (χ0v) is 10.9. The quantitative estimate of drug-likeness (QED) is 0.784. The molecule has 0 spiro atoms. The summed E-state index contributed by atoms with van der Waals surface area (Å²) in [6.45, 7) is -0.845. The van der Waals surface area contributed by atoms with Crippen LogP contribution in [0.15, 0.2) is 24.3 Å². The van der Waals surface area contributed by atoms with Crippen LogP contribution in [0.4, 0.5) is 13.2 Å². The number of amides is 1. The summed E-state index contributed by atoms with van der Waals surface area (Å²) in [5, 5.41) is 10.8. The van der Waals surface area contributed by atoms with Gasteiger partial charge in [0.2, 0.25) is 5.91 Å². The summed E-state index contributed by atoms with van der Waals surface area (Å²) in [5.41, 5.74) is 1.60. The highest BCUT2D eigenvalue weighted by molar-refractivity contribution is 5.77. The Balaban J connectivity index is 1.81. The number of rotatable bonds is 5. The molecule has 1 atom stereocenters. The third-order valence-corrected chi connectivity index (χ3v) is 2.90. The highest BCUT2D eigenvalue weighted by atomic mass is 19.4. The number of aliphatic hydroxyl groups is 1. The lowest BCUT2D eigenvalue weighted by Crippen LogP contribution is -2.40.